The molecule has 1 aliphatic rings. The summed E-state index contributed by atoms with van der Waals surface area (Å²) >= 11 is 3.28. The molecule has 0 heterocycles. The molecule has 0 fully saturated rings. The first-order valence-corrected chi connectivity index (χ1v) is 7.63. The normalized spacial score (nSPS) is 17.9. The third kappa shape index (κ3) is 3.82. The molecule has 0 spiro atoms. The number of aliphatic hydroxyl groups is 1. The fraction of sp³-hybridized carbons (Fsp3) is 0.312. The van der Waals surface area contributed by atoms with Gasteiger partial charge >= 0.3 is 0 Å². The van der Waals surface area contributed by atoms with E-state index in [1.165, 1.54) is 6.21 Å². The zero-order valence-corrected chi connectivity index (χ0v) is 14.0. The molecule has 2 rings (SSSR count). The summed E-state index contributed by atoms with van der Waals surface area (Å²) in [5.41, 5.74) is 2.70. The number of amides is 1. The number of hydrogen-bond donors (Lipinski definition) is 2. The minimum atomic E-state index is -0.396. The smallest absolute Gasteiger partial charge is 0.272 e. The second-order valence-electron chi connectivity index (χ2n) is 5.98. The van der Waals surface area contributed by atoms with E-state index in [2.05, 4.69) is 26.5 Å². The van der Waals surface area contributed by atoms with Crippen molar-refractivity contribution >= 4 is 33.8 Å². The first-order chi connectivity index (χ1) is 10.3. The van der Waals surface area contributed by atoms with Crippen molar-refractivity contribution < 1.29 is 14.7 Å². The van der Waals surface area contributed by atoms with E-state index in [4.69, 9.17) is 0 Å². The Hall–Kier alpha value is -1.95. The molecule has 1 aromatic carbocycles. The van der Waals surface area contributed by atoms with Gasteiger partial charge in [0.1, 0.15) is 5.76 Å². The van der Waals surface area contributed by atoms with Crippen LogP contribution in [-0.4, -0.2) is 23.0 Å². The van der Waals surface area contributed by atoms with Crippen LogP contribution in [0.15, 0.2) is 45.2 Å². The van der Waals surface area contributed by atoms with Gasteiger partial charge in [-0.05, 0) is 33.5 Å². The quantitative estimate of drug-likeness (QED) is 0.637. The van der Waals surface area contributed by atoms with E-state index in [0.29, 0.717) is 22.9 Å². The molecule has 1 aromatic rings. The minimum absolute atomic E-state index is 0.0140. The molecule has 6 heteroatoms. The summed E-state index contributed by atoms with van der Waals surface area (Å²) in [5, 5.41) is 13.7. The largest absolute Gasteiger partial charge is 0.511 e. The van der Waals surface area contributed by atoms with Crippen molar-refractivity contribution in [3.05, 3.63) is 45.6 Å². The molecular formula is C16H17BrN2O3. The SMILES string of the molecule is CC1(C)CC(=O)C(C=NNC(=O)c2ccccc2Br)=C(O)C1. The summed E-state index contributed by atoms with van der Waals surface area (Å²) < 4.78 is 0.653. The van der Waals surface area contributed by atoms with Crippen LogP contribution in [-0.2, 0) is 4.79 Å². The maximum Gasteiger partial charge on any atom is 0.272 e. The molecule has 5 nitrogen and oxygen atoms in total. The summed E-state index contributed by atoms with van der Waals surface area (Å²) in [4.78, 5) is 23.9. The zero-order chi connectivity index (χ0) is 16.3. The Morgan fingerprint density at radius 1 is 1.36 bits per heavy atom. The molecule has 1 aliphatic carbocycles. The topological polar surface area (TPSA) is 78.8 Å². The van der Waals surface area contributed by atoms with Crippen LogP contribution in [0, 0.1) is 5.41 Å². The lowest BCUT2D eigenvalue weighted by atomic mass is 9.77. The Morgan fingerprint density at radius 2 is 2.05 bits per heavy atom. The monoisotopic (exact) mass is 364 g/mol. The van der Waals surface area contributed by atoms with Crippen LogP contribution in [0.3, 0.4) is 0 Å². The highest BCUT2D eigenvalue weighted by Gasteiger charge is 2.32. The van der Waals surface area contributed by atoms with E-state index in [0.717, 1.165) is 0 Å². The predicted octanol–water partition coefficient (Wildman–Crippen LogP) is 3.37. The molecule has 1 amide bonds. The van der Waals surface area contributed by atoms with Gasteiger partial charge in [0.15, 0.2) is 5.78 Å². The minimum Gasteiger partial charge on any atom is -0.511 e. The van der Waals surface area contributed by atoms with Crippen molar-refractivity contribution in [1.82, 2.24) is 5.43 Å². The van der Waals surface area contributed by atoms with Crippen molar-refractivity contribution in [2.75, 3.05) is 0 Å². The summed E-state index contributed by atoms with van der Waals surface area (Å²) in [6, 6.07) is 6.94. The fourth-order valence-electron chi connectivity index (χ4n) is 2.31. The summed E-state index contributed by atoms with van der Waals surface area (Å²) in [5.74, 6) is -0.555. The number of carbonyl (C=O) groups excluding carboxylic acids is 2. The average molecular weight is 365 g/mol. The van der Waals surface area contributed by atoms with E-state index in [1.807, 2.05) is 13.8 Å². The Labute approximate surface area is 137 Å². The standard InChI is InChI=1S/C16H17BrN2O3/c1-16(2)7-13(20)11(14(21)8-16)9-18-19-15(22)10-5-3-4-6-12(10)17/h3-6,9,20H,7-8H2,1-2H3,(H,19,22). The molecule has 0 aromatic heterocycles. The highest BCUT2D eigenvalue weighted by atomic mass is 79.9. The van der Waals surface area contributed by atoms with Crippen LogP contribution in [0.25, 0.3) is 0 Å². The van der Waals surface area contributed by atoms with Crippen LogP contribution < -0.4 is 5.43 Å². The lowest BCUT2D eigenvalue weighted by molar-refractivity contribution is -0.117. The van der Waals surface area contributed by atoms with Gasteiger partial charge in [-0.1, -0.05) is 26.0 Å². The third-order valence-electron chi connectivity index (χ3n) is 3.37. The Kier molecular flexibility index (Phi) is 4.81. The van der Waals surface area contributed by atoms with Crippen LogP contribution >= 0.6 is 15.9 Å². The molecule has 22 heavy (non-hydrogen) atoms. The number of aliphatic hydroxyl groups excluding tert-OH is 1. The first-order valence-electron chi connectivity index (χ1n) is 6.83. The van der Waals surface area contributed by atoms with E-state index >= 15 is 0 Å². The van der Waals surface area contributed by atoms with Gasteiger partial charge < -0.3 is 5.11 Å². The Morgan fingerprint density at radius 3 is 2.68 bits per heavy atom. The van der Waals surface area contributed by atoms with E-state index in [1.54, 1.807) is 24.3 Å². The number of hydrogen-bond acceptors (Lipinski definition) is 4. The molecule has 0 bridgehead atoms. The van der Waals surface area contributed by atoms with Crippen molar-refractivity contribution in [2.45, 2.75) is 26.7 Å². The first kappa shape index (κ1) is 16.4. The maximum atomic E-state index is 12.0. The van der Waals surface area contributed by atoms with E-state index in [-0.39, 0.29) is 22.5 Å². The van der Waals surface area contributed by atoms with Crippen LogP contribution in [0.5, 0.6) is 0 Å². The van der Waals surface area contributed by atoms with Gasteiger partial charge in [0, 0.05) is 17.3 Å². The lowest BCUT2D eigenvalue weighted by Gasteiger charge is -2.28. The van der Waals surface area contributed by atoms with Crippen molar-refractivity contribution in [3.63, 3.8) is 0 Å². The number of halogens is 1. The van der Waals surface area contributed by atoms with Crippen molar-refractivity contribution in [2.24, 2.45) is 10.5 Å². The van der Waals surface area contributed by atoms with Crippen LogP contribution in [0.2, 0.25) is 0 Å². The number of Topliss-reactive ketones (excluding diaryl/α,β-unsaturated/α-hetero) is 1. The van der Waals surface area contributed by atoms with Gasteiger partial charge in [-0.15, -0.1) is 0 Å². The third-order valence-corrected chi connectivity index (χ3v) is 4.07. The van der Waals surface area contributed by atoms with Crippen molar-refractivity contribution in [3.8, 4) is 0 Å². The lowest BCUT2D eigenvalue weighted by Crippen LogP contribution is -2.27. The Bertz CT molecular complexity index is 678. The van der Waals surface area contributed by atoms with Crippen molar-refractivity contribution in [1.29, 1.82) is 0 Å². The zero-order valence-electron chi connectivity index (χ0n) is 12.4. The number of carbonyl (C=O) groups is 2. The molecule has 0 aliphatic heterocycles. The molecule has 0 unspecified atom stereocenters. The van der Waals surface area contributed by atoms with Gasteiger partial charge in [-0.2, -0.15) is 5.10 Å². The molecule has 116 valence electrons. The fourth-order valence-corrected chi connectivity index (χ4v) is 2.77. The molecular weight excluding hydrogens is 348 g/mol. The van der Waals surface area contributed by atoms with Crippen LogP contribution in [0.1, 0.15) is 37.0 Å². The summed E-state index contributed by atoms with van der Waals surface area (Å²) in [7, 11) is 0. The second-order valence-corrected chi connectivity index (χ2v) is 6.83. The molecule has 2 N–H and O–H groups in total. The molecule has 0 radical (unpaired) electrons. The molecule has 0 atom stereocenters. The van der Waals surface area contributed by atoms with Gasteiger partial charge in [-0.3, -0.25) is 9.59 Å². The van der Waals surface area contributed by atoms with Gasteiger partial charge in [0.05, 0.1) is 17.4 Å². The number of nitrogens with zero attached hydrogens (tertiary/aromatic N) is 1. The predicted molar refractivity (Wildman–Crippen MR) is 87.8 cm³/mol. The number of benzene rings is 1. The highest BCUT2D eigenvalue weighted by Crippen LogP contribution is 2.35. The second kappa shape index (κ2) is 6.44. The molecule has 0 saturated carbocycles. The summed E-state index contributed by atoms with van der Waals surface area (Å²) in [6.07, 6.45) is 1.97. The average Bonchev–Trinajstić information content (AvgIpc) is 2.41. The van der Waals surface area contributed by atoms with E-state index in [9.17, 15) is 14.7 Å². The summed E-state index contributed by atoms with van der Waals surface area (Å²) in [6.45, 7) is 3.84. The number of nitrogens with one attached hydrogen (secondary N) is 1. The van der Waals surface area contributed by atoms with Crippen LogP contribution in [0.4, 0.5) is 0 Å². The number of rotatable bonds is 3. The van der Waals surface area contributed by atoms with E-state index < -0.39 is 5.91 Å². The van der Waals surface area contributed by atoms with Gasteiger partial charge in [0.25, 0.3) is 5.91 Å². The highest BCUT2D eigenvalue weighted by molar-refractivity contribution is 9.10. The number of allylic oxidation sites excluding steroid dienone is 2. The molecule has 0 saturated heterocycles. The number of hydrazone groups is 1. The van der Waals surface area contributed by atoms with Gasteiger partial charge in [0.2, 0.25) is 0 Å². The Balaban J connectivity index is 2.08. The van der Waals surface area contributed by atoms with Gasteiger partial charge in [-0.25, -0.2) is 5.43 Å². The number of ketones is 1. The maximum absolute atomic E-state index is 12.0.